The van der Waals surface area contributed by atoms with E-state index in [2.05, 4.69) is 34.2 Å². The molecular weight excluding hydrogens is 302 g/mol. The maximum atomic E-state index is 9.36. The van der Waals surface area contributed by atoms with E-state index in [0.717, 1.165) is 9.37 Å². The van der Waals surface area contributed by atoms with Gasteiger partial charge in [-0.1, -0.05) is 15.9 Å². The van der Waals surface area contributed by atoms with Crippen LogP contribution in [0.5, 0.6) is 0 Å². The quantitative estimate of drug-likeness (QED) is 0.703. The van der Waals surface area contributed by atoms with Gasteiger partial charge in [0.2, 0.25) is 0 Å². The molecule has 1 aromatic carbocycles. The molecule has 96 valence electrons. The van der Waals surface area contributed by atoms with Gasteiger partial charge in [-0.2, -0.15) is 0 Å². The summed E-state index contributed by atoms with van der Waals surface area (Å²) in [5.74, 6) is 0.502. The SMILES string of the molecule is CNC(C)c1cc(Br)ccc1SCC(O)CO. The number of hydrogen-bond acceptors (Lipinski definition) is 4. The largest absolute Gasteiger partial charge is 0.394 e. The maximum Gasteiger partial charge on any atom is 0.0864 e. The van der Waals surface area contributed by atoms with Gasteiger partial charge in [-0.3, -0.25) is 0 Å². The number of benzene rings is 1. The van der Waals surface area contributed by atoms with Crippen molar-refractivity contribution < 1.29 is 10.2 Å². The Labute approximate surface area is 115 Å². The Morgan fingerprint density at radius 2 is 2.18 bits per heavy atom. The van der Waals surface area contributed by atoms with Crippen LogP contribution in [-0.2, 0) is 0 Å². The Morgan fingerprint density at radius 3 is 2.76 bits per heavy atom. The predicted molar refractivity (Wildman–Crippen MR) is 75.4 cm³/mol. The van der Waals surface area contributed by atoms with E-state index in [9.17, 15) is 5.11 Å². The molecule has 0 aliphatic heterocycles. The van der Waals surface area contributed by atoms with Gasteiger partial charge in [0.15, 0.2) is 0 Å². The zero-order chi connectivity index (χ0) is 12.8. The fraction of sp³-hybridized carbons (Fsp3) is 0.500. The minimum atomic E-state index is -0.665. The molecule has 0 radical (unpaired) electrons. The first kappa shape index (κ1) is 15.0. The van der Waals surface area contributed by atoms with Crippen LogP contribution in [-0.4, -0.2) is 35.7 Å². The number of hydrogen-bond donors (Lipinski definition) is 3. The summed E-state index contributed by atoms with van der Waals surface area (Å²) in [6.45, 7) is 1.90. The molecule has 0 aliphatic carbocycles. The van der Waals surface area contributed by atoms with Crippen LogP contribution >= 0.6 is 27.7 Å². The van der Waals surface area contributed by atoms with E-state index in [1.807, 2.05) is 19.2 Å². The molecule has 0 amide bonds. The van der Waals surface area contributed by atoms with E-state index in [0.29, 0.717) is 5.75 Å². The number of nitrogens with one attached hydrogen (secondary N) is 1. The topological polar surface area (TPSA) is 52.5 Å². The molecule has 0 aromatic heterocycles. The summed E-state index contributed by atoms with van der Waals surface area (Å²) in [4.78, 5) is 1.13. The van der Waals surface area contributed by atoms with Crippen LogP contribution in [0.15, 0.2) is 27.6 Å². The molecule has 3 N–H and O–H groups in total. The number of aliphatic hydroxyl groups excluding tert-OH is 2. The fourth-order valence-corrected chi connectivity index (χ4v) is 2.81. The summed E-state index contributed by atoms with van der Waals surface area (Å²) >= 11 is 5.02. The lowest BCUT2D eigenvalue weighted by molar-refractivity contribution is 0.113. The van der Waals surface area contributed by atoms with Crippen molar-refractivity contribution in [2.75, 3.05) is 19.4 Å². The van der Waals surface area contributed by atoms with Crippen molar-refractivity contribution in [1.29, 1.82) is 0 Å². The Bertz CT molecular complexity index is 362. The third-order valence-electron chi connectivity index (χ3n) is 2.51. The first-order valence-electron chi connectivity index (χ1n) is 5.47. The molecule has 2 atom stereocenters. The van der Waals surface area contributed by atoms with Gasteiger partial charge in [-0.25, -0.2) is 0 Å². The molecule has 0 spiro atoms. The fourth-order valence-electron chi connectivity index (χ4n) is 1.38. The zero-order valence-corrected chi connectivity index (χ0v) is 12.4. The Balaban J connectivity index is 2.83. The zero-order valence-electron chi connectivity index (χ0n) is 9.98. The van der Waals surface area contributed by atoms with Crippen LogP contribution in [0.1, 0.15) is 18.5 Å². The average Bonchev–Trinajstić information content (AvgIpc) is 2.35. The van der Waals surface area contributed by atoms with Crippen molar-refractivity contribution in [1.82, 2.24) is 5.32 Å². The van der Waals surface area contributed by atoms with Gasteiger partial charge in [-0.15, -0.1) is 11.8 Å². The number of aliphatic hydroxyl groups is 2. The molecule has 0 aliphatic rings. The number of thioether (sulfide) groups is 1. The number of halogens is 1. The lowest BCUT2D eigenvalue weighted by atomic mass is 10.1. The summed E-state index contributed by atoms with van der Waals surface area (Å²) in [6.07, 6.45) is -0.665. The molecular formula is C12H18BrNO2S. The molecule has 1 rings (SSSR count). The van der Waals surface area contributed by atoms with Crippen LogP contribution in [0, 0.1) is 0 Å². The molecule has 0 bridgehead atoms. The maximum absolute atomic E-state index is 9.36. The van der Waals surface area contributed by atoms with Gasteiger partial charge in [0, 0.05) is 21.2 Å². The summed E-state index contributed by atoms with van der Waals surface area (Å²) < 4.78 is 1.04. The van der Waals surface area contributed by atoms with Crippen molar-refractivity contribution in [3.63, 3.8) is 0 Å². The lowest BCUT2D eigenvalue weighted by Crippen LogP contribution is -2.16. The average molecular weight is 320 g/mol. The molecule has 0 fully saturated rings. The molecule has 17 heavy (non-hydrogen) atoms. The second-order valence-corrected chi connectivity index (χ2v) is 5.82. The summed E-state index contributed by atoms with van der Waals surface area (Å²) in [7, 11) is 1.92. The molecule has 1 aromatic rings. The van der Waals surface area contributed by atoms with Gasteiger partial charge in [0.05, 0.1) is 12.7 Å². The smallest absolute Gasteiger partial charge is 0.0864 e. The third kappa shape index (κ3) is 4.60. The van der Waals surface area contributed by atoms with Crippen LogP contribution in [0.2, 0.25) is 0 Å². The highest BCUT2D eigenvalue weighted by Gasteiger charge is 2.11. The Kier molecular flexibility index (Phi) is 6.51. The van der Waals surface area contributed by atoms with Crippen LogP contribution in [0.3, 0.4) is 0 Å². The Hall–Kier alpha value is -0.0700. The second kappa shape index (κ2) is 7.38. The van der Waals surface area contributed by atoms with E-state index in [1.165, 1.54) is 5.56 Å². The summed E-state index contributed by atoms with van der Waals surface area (Å²) in [5.41, 5.74) is 1.19. The Morgan fingerprint density at radius 1 is 1.47 bits per heavy atom. The highest BCUT2D eigenvalue weighted by atomic mass is 79.9. The van der Waals surface area contributed by atoms with Crippen molar-refractivity contribution >= 4 is 27.7 Å². The highest BCUT2D eigenvalue weighted by molar-refractivity contribution is 9.10. The lowest BCUT2D eigenvalue weighted by Gasteiger charge is -2.16. The summed E-state index contributed by atoms with van der Waals surface area (Å²) in [5, 5.41) is 21.4. The van der Waals surface area contributed by atoms with Crippen molar-refractivity contribution in [3.05, 3.63) is 28.2 Å². The van der Waals surface area contributed by atoms with Gasteiger partial charge < -0.3 is 15.5 Å². The molecule has 3 nitrogen and oxygen atoms in total. The molecule has 0 saturated carbocycles. The van der Waals surface area contributed by atoms with E-state index in [-0.39, 0.29) is 12.6 Å². The molecule has 2 unspecified atom stereocenters. The van der Waals surface area contributed by atoms with E-state index < -0.39 is 6.10 Å². The van der Waals surface area contributed by atoms with Gasteiger partial charge >= 0.3 is 0 Å². The van der Waals surface area contributed by atoms with Gasteiger partial charge in [-0.05, 0) is 37.7 Å². The second-order valence-electron chi connectivity index (χ2n) is 3.84. The van der Waals surface area contributed by atoms with Crippen LogP contribution in [0.4, 0.5) is 0 Å². The van der Waals surface area contributed by atoms with E-state index in [1.54, 1.807) is 11.8 Å². The predicted octanol–water partition coefficient (Wildman–Crippen LogP) is 2.17. The monoisotopic (exact) mass is 319 g/mol. The molecule has 0 saturated heterocycles. The minimum Gasteiger partial charge on any atom is -0.394 e. The molecule has 5 heteroatoms. The molecule has 0 heterocycles. The van der Waals surface area contributed by atoms with Gasteiger partial charge in [0.25, 0.3) is 0 Å². The van der Waals surface area contributed by atoms with Crippen molar-refractivity contribution in [2.45, 2.75) is 24.0 Å². The van der Waals surface area contributed by atoms with Crippen LogP contribution in [0.25, 0.3) is 0 Å². The van der Waals surface area contributed by atoms with E-state index >= 15 is 0 Å². The van der Waals surface area contributed by atoms with E-state index in [4.69, 9.17) is 5.11 Å². The first-order chi connectivity index (χ1) is 8.08. The highest BCUT2D eigenvalue weighted by Crippen LogP contribution is 2.30. The standard InChI is InChI=1S/C12H18BrNO2S/c1-8(14-2)11-5-9(13)3-4-12(11)17-7-10(16)6-15/h3-5,8,10,14-16H,6-7H2,1-2H3. The van der Waals surface area contributed by atoms with Crippen molar-refractivity contribution in [2.24, 2.45) is 0 Å². The third-order valence-corrected chi connectivity index (χ3v) is 4.24. The normalized spacial score (nSPS) is 14.6. The van der Waals surface area contributed by atoms with Gasteiger partial charge in [0.1, 0.15) is 0 Å². The summed E-state index contributed by atoms with van der Waals surface area (Å²) in [6, 6.07) is 6.34. The first-order valence-corrected chi connectivity index (χ1v) is 7.24. The van der Waals surface area contributed by atoms with Crippen LogP contribution < -0.4 is 5.32 Å². The van der Waals surface area contributed by atoms with Crippen molar-refractivity contribution in [3.8, 4) is 0 Å². The number of rotatable bonds is 6. The minimum absolute atomic E-state index is 0.194.